The molecule has 0 aliphatic carbocycles. The van der Waals surface area contributed by atoms with Gasteiger partial charge in [0.05, 0.1) is 17.4 Å². The van der Waals surface area contributed by atoms with Crippen LogP contribution in [0.25, 0.3) is 0 Å². The van der Waals surface area contributed by atoms with Crippen molar-refractivity contribution in [2.45, 2.75) is 25.3 Å². The molecule has 1 atom stereocenters. The van der Waals surface area contributed by atoms with Crippen LogP contribution in [-0.2, 0) is 12.8 Å². The Morgan fingerprint density at radius 2 is 2.06 bits per heavy atom. The predicted octanol–water partition coefficient (Wildman–Crippen LogP) is 4.16. The second kappa shape index (κ2) is 8.40. The van der Waals surface area contributed by atoms with E-state index in [4.69, 9.17) is 0 Å². The summed E-state index contributed by atoms with van der Waals surface area (Å²) < 4.78 is 0. The number of aryl methyl sites for hydroxylation is 1. The van der Waals surface area contributed by atoms with Gasteiger partial charge in [0.2, 0.25) is 0 Å². The maximum atomic E-state index is 11.5. The molecule has 0 amide bonds. The number of nitrogens with one attached hydrogen (secondary N) is 2. The molecule has 0 radical (unpaired) electrons. The molecule has 3 heterocycles. The van der Waals surface area contributed by atoms with Crippen LogP contribution >= 0.6 is 0 Å². The molecule has 31 heavy (non-hydrogen) atoms. The van der Waals surface area contributed by atoms with Crippen LogP contribution in [-0.4, -0.2) is 35.7 Å². The SMILES string of the molecule is O=C(O)c1ccncc1NC[C@@H]1NCCc2cc(N3CCCc4ccccc43)ccc21. The number of aromatic carboxylic acids is 1. The lowest BCUT2D eigenvalue weighted by atomic mass is 9.92. The van der Waals surface area contributed by atoms with Crippen LogP contribution in [0.3, 0.4) is 0 Å². The third-order valence-electron chi connectivity index (χ3n) is 6.26. The van der Waals surface area contributed by atoms with Gasteiger partial charge in [-0.2, -0.15) is 0 Å². The second-order valence-electron chi connectivity index (χ2n) is 8.13. The summed E-state index contributed by atoms with van der Waals surface area (Å²) in [5.41, 5.74) is 7.40. The molecule has 6 heteroatoms. The Hall–Kier alpha value is -3.38. The minimum Gasteiger partial charge on any atom is -0.478 e. The van der Waals surface area contributed by atoms with Gasteiger partial charge >= 0.3 is 5.97 Å². The first-order valence-electron chi connectivity index (χ1n) is 10.8. The predicted molar refractivity (Wildman–Crippen MR) is 122 cm³/mol. The van der Waals surface area contributed by atoms with Crippen molar-refractivity contribution in [2.24, 2.45) is 0 Å². The maximum absolute atomic E-state index is 11.5. The van der Waals surface area contributed by atoms with Crippen molar-refractivity contribution < 1.29 is 9.90 Å². The van der Waals surface area contributed by atoms with Gasteiger partial charge in [-0.1, -0.05) is 24.3 Å². The van der Waals surface area contributed by atoms with Crippen LogP contribution in [0.5, 0.6) is 0 Å². The van der Waals surface area contributed by atoms with Crippen molar-refractivity contribution in [3.63, 3.8) is 0 Å². The highest BCUT2D eigenvalue weighted by atomic mass is 16.4. The van der Waals surface area contributed by atoms with Crippen LogP contribution < -0.4 is 15.5 Å². The molecule has 0 spiro atoms. The molecule has 2 aromatic carbocycles. The van der Waals surface area contributed by atoms with Gasteiger partial charge in [0, 0.05) is 36.7 Å². The number of hydrogen-bond donors (Lipinski definition) is 3. The van der Waals surface area contributed by atoms with E-state index in [1.54, 1.807) is 6.20 Å². The van der Waals surface area contributed by atoms with Crippen molar-refractivity contribution in [1.82, 2.24) is 10.3 Å². The largest absolute Gasteiger partial charge is 0.478 e. The smallest absolute Gasteiger partial charge is 0.337 e. The lowest BCUT2D eigenvalue weighted by Gasteiger charge is -2.33. The molecule has 6 nitrogen and oxygen atoms in total. The Kier molecular flexibility index (Phi) is 5.30. The Balaban J connectivity index is 1.38. The maximum Gasteiger partial charge on any atom is 0.337 e. The second-order valence-corrected chi connectivity index (χ2v) is 8.13. The number of benzene rings is 2. The molecular weight excluding hydrogens is 388 g/mol. The van der Waals surface area contributed by atoms with Crippen molar-refractivity contribution in [1.29, 1.82) is 0 Å². The van der Waals surface area contributed by atoms with Gasteiger partial charge in [-0.05, 0) is 66.8 Å². The number of fused-ring (bicyclic) bond motifs is 2. The number of carboxylic acid groups (broad SMARTS) is 1. The number of hydrogen-bond acceptors (Lipinski definition) is 5. The third-order valence-corrected chi connectivity index (χ3v) is 6.26. The molecular formula is C25H26N4O2. The molecule has 0 unspecified atom stereocenters. The van der Waals surface area contributed by atoms with Gasteiger partial charge in [-0.3, -0.25) is 4.98 Å². The molecule has 0 saturated carbocycles. The normalized spacial score (nSPS) is 17.5. The van der Waals surface area contributed by atoms with Gasteiger partial charge in [-0.25, -0.2) is 4.79 Å². The molecule has 0 bridgehead atoms. The van der Waals surface area contributed by atoms with E-state index in [0.29, 0.717) is 12.2 Å². The van der Waals surface area contributed by atoms with E-state index in [9.17, 15) is 9.90 Å². The summed E-state index contributed by atoms with van der Waals surface area (Å²) >= 11 is 0. The first-order chi connectivity index (χ1) is 15.2. The monoisotopic (exact) mass is 414 g/mol. The quantitative estimate of drug-likeness (QED) is 0.582. The highest BCUT2D eigenvalue weighted by molar-refractivity contribution is 5.93. The number of pyridine rings is 1. The summed E-state index contributed by atoms with van der Waals surface area (Å²) in [5.74, 6) is -0.951. The Labute approximate surface area is 181 Å². The molecule has 5 rings (SSSR count). The standard InChI is InChI=1S/C25H26N4O2/c30-25(31)21-10-11-26-15-22(21)28-16-23-20-8-7-19(14-18(20)9-12-27-23)29-13-3-5-17-4-1-2-6-24(17)29/h1-2,4,6-8,10-11,14-15,23,27-28H,3,5,9,12-13,16H2,(H,30,31)/t23-/m0/s1. The van der Waals surface area contributed by atoms with E-state index in [0.717, 1.165) is 25.9 Å². The molecule has 3 N–H and O–H groups in total. The van der Waals surface area contributed by atoms with E-state index in [-0.39, 0.29) is 11.6 Å². The van der Waals surface area contributed by atoms with E-state index in [1.807, 2.05) is 0 Å². The number of carbonyl (C=O) groups is 1. The zero-order valence-corrected chi connectivity index (χ0v) is 17.3. The molecule has 1 aromatic heterocycles. The van der Waals surface area contributed by atoms with E-state index in [2.05, 4.69) is 63.0 Å². The number of rotatable bonds is 5. The first kappa shape index (κ1) is 19.6. The minimum atomic E-state index is -0.951. The Bertz CT molecular complexity index is 1110. The summed E-state index contributed by atoms with van der Waals surface area (Å²) in [4.78, 5) is 18.0. The van der Waals surface area contributed by atoms with Crippen molar-refractivity contribution in [2.75, 3.05) is 29.9 Å². The Morgan fingerprint density at radius 3 is 2.97 bits per heavy atom. The minimum absolute atomic E-state index is 0.119. The van der Waals surface area contributed by atoms with Crippen molar-refractivity contribution in [3.8, 4) is 0 Å². The summed E-state index contributed by atoms with van der Waals surface area (Å²) in [7, 11) is 0. The first-order valence-corrected chi connectivity index (χ1v) is 10.8. The zero-order chi connectivity index (χ0) is 21.2. The van der Waals surface area contributed by atoms with Crippen LogP contribution in [0.15, 0.2) is 60.9 Å². The Morgan fingerprint density at radius 1 is 1.16 bits per heavy atom. The molecule has 0 saturated heterocycles. The number of aromatic nitrogens is 1. The topological polar surface area (TPSA) is 77.5 Å². The van der Waals surface area contributed by atoms with Crippen molar-refractivity contribution in [3.05, 3.63) is 83.2 Å². The summed E-state index contributed by atoms with van der Waals surface area (Å²) in [6, 6.07) is 17.1. The molecule has 3 aromatic rings. The number of anilines is 3. The molecule has 2 aliphatic rings. The van der Waals surface area contributed by atoms with Gasteiger partial charge in [0.25, 0.3) is 0 Å². The van der Waals surface area contributed by atoms with Gasteiger partial charge < -0.3 is 20.6 Å². The average molecular weight is 415 g/mol. The van der Waals surface area contributed by atoms with Crippen LogP contribution in [0.1, 0.15) is 39.5 Å². The van der Waals surface area contributed by atoms with Crippen LogP contribution in [0, 0.1) is 0 Å². The highest BCUT2D eigenvalue weighted by Crippen LogP contribution is 2.35. The fraction of sp³-hybridized carbons (Fsp3) is 0.280. The van der Waals surface area contributed by atoms with Gasteiger partial charge in [-0.15, -0.1) is 0 Å². The number of nitrogens with zero attached hydrogens (tertiary/aromatic N) is 2. The van der Waals surface area contributed by atoms with Crippen LogP contribution in [0.4, 0.5) is 17.1 Å². The molecule has 2 aliphatic heterocycles. The van der Waals surface area contributed by atoms with Gasteiger partial charge in [0.15, 0.2) is 0 Å². The summed E-state index contributed by atoms with van der Waals surface area (Å²) in [5, 5.41) is 16.2. The van der Waals surface area contributed by atoms with E-state index >= 15 is 0 Å². The average Bonchev–Trinajstić information content (AvgIpc) is 2.82. The van der Waals surface area contributed by atoms with Crippen LogP contribution in [0.2, 0.25) is 0 Å². The number of para-hydroxylation sites is 1. The third kappa shape index (κ3) is 3.86. The lowest BCUT2D eigenvalue weighted by molar-refractivity contribution is 0.0697. The zero-order valence-electron chi connectivity index (χ0n) is 17.3. The fourth-order valence-electron chi connectivity index (χ4n) is 4.73. The highest BCUT2D eigenvalue weighted by Gasteiger charge is 2.23. The number of carboxylic acids is 1. The molecule has 0 fully saturated rings. The van der Waals surface area contributed by atoms with E-state index < -0.39 is 5.97 Å². The lowest BCUT2D eigenvalue weighted by Crippen LogP contribution is -2.34. The summed E-state index contributed by atoms with van der Waals surface area (Å²) in [6.45, 7) is 2.54. The van der Waals surface area contributed by atoms with E-state index in [1.165, 1.54) is 46.7 Å². The molecule has 158 valence electrons. The fourth-order valence-corrected chi connectivity index (χ4v) is 4.73. The summed E-state index contributed by atoms with van der Waals surface area (Å²) in [6.07, 6.45) is 6.37. The van der Waals surface area contributed by atoms with Crippen molar-refractivity contribution >= 4 is 23.0 Å². The van der Waals surface area contributed by atoms with Gasteiger partial charge in [0.1, 0.15) is 0 Å².